The van der Waals surface area contributed by atoms with E-state index in [9.17, 15) is 4.79 Å². The third-order valence-electron chi connectivity index (χ3n) is 4.74. The van der Waals surface area contributed by atoms with E-state index in [0.29, 0.717) is 18.0 Å². The fourth-order valence-electron chi connectivity index (χ4n) is 2.99. The van der Waals surface area contributed by atoms with Gasteiger partial charge in [-0.05, 0) is 42.7 Å². The van der Waals surface area contributed by atoms with Crippen LogP contribution in [0.15, 0.2) is 59.4 Å². The first-order valence-electron chi connectivity index (χ1n) is 8.50. The van der Waals surface area contributed by atoms with Crippen LogP contribution >= 0.6 is 0 Å². The first-order valence-corrected chi connectivity index (χ1v) is 8.50. The molecule has 1 amide bonds. The summed E-state index contributed by atoms with van der Waals surface area (Å²) in [6, 6.07) is 13.2. The molecule has 3 aromatic rings. The Balaban J connectivity index is 1.50. The van der Waals surface area contributed by atoms with Crippen LogP contribution in [-0.2, 0) is 16.8 Å². The minimum Gasteiger partial charge on any atom is -0.497 e. The lowest BCUT2D eigenvalue weighted by atomic mass is 10.00. The zero-order chi connectivity index (χ0) is 18.0. The van der Waals surface area contributed by atoms with Crippen LogP contribution in [0.1, 0.15) is 24.1 Å². The largest absolute Gasteiger partial charge is 0.497 e. The Bertz CT molecular complexity index is 917. The van der Waals surface area contributed by atoms with Gasteiger partial charge in [0.25, 0.3) is 0 Å². The number of amides is 1. The summed E-state index contributed by atoms with van der Waals surface area (Å²) in [7, 11) is 1.62. The summed E-state index contributed by atoms with van der Waals surface area (Å²) in [5.41, 5.74) is 1.99. The number of nitrogens with zero attached hydrogens (tertiary/aromatic N) is 2. The van der Waals surface area contributed by atoms with Gasteiger partial charge in [-0.3, -0.25) is 9.78 Å². The molecule has 26 heavy (non-hydrogen) atoms. The highest BCUT2D eigenvalue weighted by Gasteiger charge is 2.53. The van der Waals surface area contributed by atoms with E-state index in [1.807, 2.05) is 42.5 Å². The second kappa shape index (κ2) is 6.63. The zero-order valence-electron chi connectivity index (χ0n) is 14.4. The quantitative estimate of drug-likeness (QED) is 0.740. The summed E-state index contributed by atoms with van der Waals surface area (Å²) in [4.78, 5) is 16.7. The normalized spacial score (nSPS) is 14.7. The molecule has 6 nitrogen and oxygen atoms in total. The fourth-order valence-corrected chi connectivity index (χ4v) is 2.99. The van der Waals surface area contributed by atoms with Crippen LogP contribution in [0.25, 0.3) is 11.3 Å². The third kappa shape index (κ3) is 3.06. The molecule has 1 saturated carbocycles. The van der Waals surface area contributed by atoms with E-state index in [4.69, 9.17) is 9.26 Å². The molecule has 0 unspecified atom stereocenters. The van der Waals surface area contributed by atoms with Crippen LogP contribution in [0.5, 0.6) is 5.75 Å². The Morgan fingerprint density at radius 3 is 2.77 bits per heavy atom. The molecule has 4 rings (SSSR count). The topological polar surface area (TPSA) is 77.2 Å². The lowest BCUT2D eigenvalue weighted by Crippen LogP contribution is -2.34. The Kier molecular flexibility index (Phi) is 4.16. The monoisotopic (exact) mass is 349 g/mol. The summed E-state index contributed by atoms with van der Waals surface area (Å²) in [5, 5.41) is 7.17. The molecule has 6 heteroatoms. The molecule has 0 radical (unpaired) electrons. The maximum atomic E-state index is 12.7. The van der Waals surface area contributed by atoms with Crippen molar-refractivity contribution < 1.29 is 14.1 Å². The minimum absolute atomic E-state index is 0.0141. The highest BCUT2D eigenvalue weighted by Crippen LogP contribution is 2.48. The molecule has 1 aliphatic carbocycles. The van der Waals surface area contributed by atoms with Crippen molar-refractivity contribution in [2.75, 3.05) is 7.11 Å². The van der Waals surface area contributed by atoms with E-state index in [1.165, 1.54) is 0 Å². The number of carbonyl (C=O) groups excluding carboxylic acids is 1. The highest BCUT2D eigenvalue weighted by molar-refractivity contribution is 5.91. The summed E-state index contributed by atoms with van der Waals surface area (Å²) in [6.07, 6.45) is 4.98. The van der Waals surface area contributed by atoms with Gasteiger partial charge in [0.05, 0.1) is 18.2 Å². The summed E-state index contributed by atoms with van der Waals surface area (Å²) < 4.78 is 10.7. The van der Waals surface area contributed by atoms with E-state index in [2.05, 4.69) is 15.5 Å². The number of hydrogen-bond donors (Lipinski definition) is 1. The molecule has 2 aromatic heterocycles. The van der Waals surface area contributed by atoms with Gasteiger partial charge in [0.2, 0.25) is 5.91 Å². The van der Waals surface area contributed by atoms with Crippen molar-refractivity contribution >= 4 is 5.91 Å². The molecule has 1 N–H and O–H groups in total. The maximum Gasteiger partial charge on any atom is 0.232 e. The molecule has 0 bridgehead atoms. The molecule has 1 fully saturated rings. The van der Waals surface area contributed by atoms with Crippen LogP contribution in [0, 0.1) is 0 Å². The van der Waals surface area contributed by atoms with Crippen molar-refractivity contribution in [3.63, 3.8) is 0 Å². The van der Waals surface area contributed by atoms with Crippen LogP contribution < -0.4 is 10.1 Å². The van der Waals surface area contributed by atoms with Gasteiger partial charge in [0.15, 0.2) is 5.76 Å². The Labute approximate surface area is 151 Å². The first kappa shape index (κ1) is 16.3. The van der Waals surface area contributed by atoms with Crippen molar-refractivity contribution in [2.45, 2.75) is 24.8 Å². The Morgan fingerprint density at radius 2 is 2.04 bits per heavy atom. The molecule has 1 aromatic carbocycles. The van der Waals surface area contributed by atoms with Gasteiger partial charge in [-0.25, -0.2) is 0 Å². The first-order chi connectivity index (χ1) is 12.7. The van der Waals surface area contributed by atoms with Gasteiger partial charge in [0.1, 0.15) is 5.75 Å². The second-order valence-corrected chi connectivity index (χ2v) is 6.43. The molecule has 0 atom stereocenters. The number of methoxy groups -OCH3 is 1. The molecule has 0 aliphatic heterocycles. The zero-order valence-corrected chi connectivity index (χ0v) is 14.4. The molecule has 1 aliphatic rings. The van der Waals surface area contributed by atoms with Crippen LogP contribution in [0.4, 0.5) is 0 Å². The summed E-state index contributed by atoms with van der Waals surface area (Å²) in [5.74, 6) is 1.36. The minimum atomic E-state index is -0.576. The molecule has 0 spiro atoms. The number of ether oxygens (including phenoxy) is 1. The van der Waals surface area contributed by atoms with Gasteiger partial charge in [-0.1, -0.05) is 17.3 Å². The van der Waals surface area contributed by atoms with E-state index in [-0.39, 0.29) is 5.91 Å². The predicted octanol–water partition coefficient (Wildman–Crippen LogP) is 3.09. The molecule has 2 heterocycles. The number of pyridine rings is 1. The van der Waals surface area contributed by atoms with E-state index in [0.717, 1.165) is 29.7 Å². The Morgan fingerprint density at radius 1 is 1.23 bits per heavy atom. The number of carbonyl (C=O) groups is 1. The fraction of sp³-hybridized carbons (Fsp3) is 0.250. The van der Waals surface area contributed by atoms with Gasteiger partial charge in [0, 0.05) is 30.6 Å². The molecule has 0 saturated heterocycles. The molecular weight excluding hydrogens is 330 g/mol. The van der Waals surface area contributed by atoms with Crippen molar-refractivity contribution in [3.8, 4) is 17.1 Å². The van der Waals surface area contributed by atoms with Crippen molar-refractivity contribution in [2.24, 2.45) is 0 Å². The number of benzene rings is 1. The maximum absolute atomic E-state index is 12.7. The Hall–Kier alpha value is -3.15. The average Bonchev–Trinajstić information content (AvgIpc) is 3.36. The smallest absolute Gasteiger partial charge is 0.232 e. The lowest BCUT2D eigenvalue weighted by molar-refractivity contribution is -0.123. The van der Waals surface area contributed by atoms with E-state index < -0.39 is 5.41 Å². The predicted molar refractivity (Wildman–Crippen MR) is 95.5 cm³/mol. The van der Waals surface area contributed by atoms with Crippen LogP contribution in [-0.4, -0.2) is 23.2 Å². The van der Waals surface area contributed by atoms with Crippen molar-refractivity contribution in [3.05, 3.63) is 66.1 Å². The van der Waals surface area contributed by atoms with Crippen LogP contribution in [0.3, 0.4) is 0 Å². The number of aromatic nitrogens is 2. The van der Waals surface area contributed by atoms with Gasteiger partial charge in [-0.2, -0.15) is 0 Å². The lowest BCUT2D eigenvalue weighted by Gasteiger charge is -2.12. The van der Waals surface area contributed by atoms with Crippen molar-refractivity contribution in [1.29, 1.82) is 0 Å². The van der Waals surface area contributed by atoms with E-state index in [1.54, 1.807) is 19.5 Å². The SMILES string of the molecule is COc1cccc(-c2cc(C3(C(=O)NCc4ccncc4)CC3)no2)c1. The third-order valence-corrected chi connectivity index (χ3v) is 4.74. The number of rotatable bonds is 6. The highest BCUT2D eigenvalue weighted by atomic mass is 16.5. The summed E-state index contributed by atoms with van der Waals surface area (Å²) in [6.45, 7) is 0.476. The van der Waals surface area contributed by atoms with Gasteiger partial charge < -0.3 is 14.6 Å². The van der Waals surface area contributed by atoms with Gasteiger partial charge >= 0.3 is 0 Å². The second-order valence-electron chi connectivity index (χ2n) is 6.43. The average molecular weight is 349 g/mol. The van der Waals surface area contributed by atoms with Crippen molar-refractivity contribution in [1.82, 2.24) is 15.5 Å². The number of hydrogen-bond acceptors (Lipinski definition) is 5. The van der Waals surface area contributed by atoms with E-state index >= 15 is 0 Å². The van der Waals surface area contributed by atoms with Crippen LogP contribution in [0.2, 0.25) is 0 Å². The molecule has 132 valence electrons. The standard InChI is InChI=1S/C20H19N3O3/c1-25-16-4-2-3-15(11-16)17-12-18(23-26-17)20(7-8-20)19(24)22-13-14-5-9-21-10-6-14/h2-6,9-12H,7-8,13H2,1H3,(H,22,24). The number of nitrogens with one attached hydrogen (secondary N) is 1. The van der Waals surface area contributed by atoms with Gasteiger partial charge in [-0.15, -0.1) is 0 Å². The summed E-state index contributed by atoms with van der Waals surface area (Å²) >= 11 is 0. The molecular formula is C20H19N3O3.